The number of nitrogens with one attached hydrogen (secondary N) is 1. The molecule has 0 saturated carbocycles. The van der Waals surface area contributed by atoms with Crippen molar-refractivity contribution in [1.82, 2.24) is 0 Å². The molecule has 18 heavy (non-hydrogen) atoms. The molecule has 2 rings (SSSR count). The van der Waals surface area contributed by atoms with Gasteiger partial charge in [-0.05, 0) is 69.2 Å². The molecule has 0 radical (unpaired) electrons. The van der Waals surface area contributed by atoms with E-state index in [4.69, 9.17) is 5.73 Å². The lowest BCUT2D eigenvalue weighted by atomic mass is 10.2. The van der Waals surface area contributed by atoms with E-state index in [1.807, 2.05) is 25.1 Å². The Labute approximate surface area is 127 Å². The zero-order valence-corrected chi connectivity index (χ0v) is 13.3. The minimum absolute atomic E-state index is 0.339. The van der Waals surface area contributed by atoms with Crippen molar-refractivity contribution in [2.24, 2.45) is 0 Å². The molecule has 2 nitrogen and oxygen atoms in total. The van der Waals surface area contributed by atoms with Crippen molar-refractivity contribution >= 4 is 55.6 Å². The van der Waals surface area contributed by atoms with Crippen LogP contribution in [0, 0.1) is 16.3 Å². The summed E-state index contributed by atoms with van der Waals surface area (Å²) in [6.45, 7) is 2.04. The zero-order chi connectivity index (χ0) is 13.3. The minimum Gasteiger partial charge on any atom is -0.397 e. The molecule has 94 valence electrons. The van der Waals surface area contributed by atoms with Gasteiger partial charge in [0.1, 0.15) is 5.82 Å². The van der Waals surface area contributed by atoms with Crippen LogP contribution in [0.2, 0.25) is 0 Å². The molecule has 0 aliphatic heterocycles. The fraction of sp³-hybridized carbons (Fsp3) is 0.0769. The van der Waals surface area contributed by atoms with E-state index in [1.54, 1.807) is 6.07 Å². The van der Waals surface area contributed by atoms with Crippen LogP contribution in [0.3, 0.4) is 0 Å². The normalized spacial score (nSPS) is 10.4. The number of nitrogens with two attached hydrogens (primary N) is 1. The number of benzene rings is 2. The molecule has 0 unspecified atom stereocenters. The van der Waals surface area contributed by atoms with Crippen molar-refractivity contribution in [2.45, 2.75) is 6.92 Å². The topological polar surface area (TPSA) is 38.0 Å². The van der Waals surface area contributed by atoms with Crippen LogP contribution in [0.25, 0.3) is 0 Å². The van der Waals surface area contributed by atoms with E-state index in [0.717, 1.165) is 9.26 Å². The van der Waals surface area contributed by atoms with Crippen LogP contribution < -0.4 is 11.1 Å². The van der Waals surface area contributed by atoms with Crippen molar-refractivity contribution < 1.29 is 4.39 Å². The molecule has 0 aromatic heterocycles. The highest BCUT2D eigenvalue weighted by molar-refractivity contribution is 14.1. The van der Waals surface area contributed by atoms with E-state index in [-0.39, 0.29) is 5.82 Å². The molecule has 0 fully saturated rings. The van der Waals surface area contributed by atoms with Gasteiger partial charge in [0.15, 0.2) is 0 Å². The number of aryl methyl sites for hydroxylation is 1. The first-order chi connectivity index (χ1) is 8.47. The molecule has 5 heteroatoms. The average molecular weight is 421 g/mol. The first-order valence-electron chi connectivity index (χ1n) is 5.25. The third-order valence-corrected chi connectivity index (χ3v) is 4.31. The Hall–Kier alpha value is -0.820. The summed E-state index contributed by atoms with van der Waals surface area (Å²) >= 11 is 5.36. The lowest BCUT2D eigenvalue weighted by molar-refractivity contribution is 0.622. The van der Waals surface area contributed by atoms with Crippen LogP contribution in [-0.4, -0.2) is 0 Å². The fourth-order valence-electron chi connectivity index (χ4n) is 1.50. The molecular weight excluding hydrogens is 410 g/mol. The predicted octanol–water partition coefficient (Wildman–Crippen LogP) is 4.83. The zero-order valence-electron chi connectivity index (χ0n) is 9.60. The van der Waals surface area contributed by atoms with Crippen molar-refractivity contribution in [1.29, 1.82) is 0 Å². The van der Waals surface area contributed by atoms with Crippen LogP contribution in [0.15, 0.2) is 34.8 Å². The van der Waals surface area contributed by atoms with Gasteiger partial charge in [0.25, 0.3) is 0 Å². The first kappa shape index (κ1) is 13.6. The summed E-state index contributed by atoms with van der Waals surface area (Å²) in [5.41, 5.74) is 9.00. The number of anilines is 3. The largest absolute Gasteiger partial charge is 0.397 e. The summed E-state index contributed by atoms with van der Waals surface area (Å²) in [6, 6.07) is 8.88. The number of hydrogen-bond acceptors (Lipinski definition) is 2. The summed E-state index contributed by atoms with van der Waals surface area (Å²) in [5, 5.41) is 3.12. The molecule has 0 amide bonds. The van der Waals surface area contributed by atoms with Gasteiger partial charge in [0.2, 0.25) is 0 Å². The molecule has 0 bridgehead atoms. The van der Waals surface area contributed by atoms with Gasteiger partial charge < -0.3 is 11.1 Å². The van der Waals surface area contributed by atoms with Gasteiger partial charge in [-0.3, -0.25) is 0 Å². The van der Waals surface area contributed by atoms with Crippen LogP contribution in [0.4, 0.5) is 21.5 Å². The van der Waals surface area contributed by atoms with Gasteiger partial charge in [0.05, 0.1) is 15.8 Å². The molecule has 0 aliphatic rings. The van der Waals surface area contributed by atoms with Crippen LogP contribution >= 0.6 is 38.5 Å². The van der Waals surface area contributed by atoms with Crippen molar-refractivity contribution in [3.05, 3.63) is 49.8 Å². The lowest BCUT2D eigenvalue weighted by Gasteiger charge is -2.11. The standard InChI is InChI=1S/C13H11BrFIN2/c1-7-2-3-8(4-11(7)16)18-13-6-10(15)9(14)5-12(13)17/h2-6,18H,17H2,1H3. The van der Waals surface area contributed by atoms with Crippen molar-refractivity contribution in [2.75, 3.05) is 11.1 Å². The maximum Gasteiger partial charge on any atom is 0.139 e. The molecule has 0 atom stereocenters. The number of hydrogen-bond donors (Lipinski definition) is 2. The van der Waals surface area contributed by atoms with E-state index in [1.165, 1.54) is 11.6 Å². The molecule has 0 aliphatic carbocycles. The van der Waals surface area contributed by atoms with Crippen molar-refractivity contribution in [3.63, 3.8) is 0 Å². The summed E-state index contributed by atoms with van der Waals surface area (Å²) < 4.78 is 15.0. The maximum atomic E-state index is 13.5. The van der Waals surface area contributed by atoms with E-state index < -0.39 is 0 Å². The van der Waals surface area contributed by atoms with E-state index >= 15 is 0 Å². The predicted molar refractivity (Wildman–Crippen MR) is 85.7 cm³/mol. The van der Waals surface area contributed by atoms with Crippen LogP contribution in [0.1, 0.15) is 5.56 Å². The lowest BCUT2D eigenvalue weighted by Crippen LogP contribution is -1.98. The Morgan fingerprint density at radius 3 is 2.67 bits per heavy atom. The molecule has 2 aromatic rings. The quantitative estimate of drug-likeness (QED) is 0.539. The Morgan fingerprint density at radius 2 is 2.00 bits per heavy atom. The average Bonchev–Trinajstić information content (AvgIpc) is 2.31. The maximum absolute atomic E-state index is 13.5. The van der Waals surface area contributed by atoms with Gasteiger partial charge in [-0.25, -0.2) is 4.39 Å². The van der Waals surface area contributed by atoms with E-state index in [0.29, 0.717) is 15.8 Å². The van der Waals surface area contributed by atoms with Crippen LogP contribution in [-0.2, 0) is 0 Å². The molecule has 3 N–H and O–H groups in total. The molecule has 0 spiro atoms. The summed E-state index contributed by atoms with van der Waals surface area (Å²) in [5.74, 6) is -0.339. The van der Waals surface area contributed by atoms with Gasteiger partial charge in [-0.1, -0.05) is 6.07 Å². The second-order valence-corrected chi connectivity index (χ2v) is 5.96. The molecule has 2 aromatic carbocycles. The Morgan fingerprint density at radius 1 is 1.28 bits per heavy atom. The van der Waals surface area contributed by atoms with Gasteiger partial charge in [-0.15, -0.1) is 0 Å². The highest BCUT2D eigenvalue weighted by Crippen LogP contribution is 2.29. The molecular formula is C13H11BrFIN2. The second kappa shape index (κ2) is 5.44. The number of nitrogen functional groups attached to an aromatic ring is 1. The Bertz CT molecular complexity index is 602. The Balaban J connectivity index is 2.34. The third kappa shape index (κ3) is 2.95. The summed E-state index contributed by atoms with van der Waals surface area (Å²) in [4.78, 5) is 0. The Kier molecular flexibility index (Phi) is 4.11. The van der Waals surface area contributed by atoms with E-state index in [9.17, 15) is 4.39 Å². The fourth-order valence-corrected chi connectivity index (χ4v) is 2.37. The van der Waals surface area contributed by atoms with Gasteiger partial charge in [-0.2, -0.15) is 0 Å². The highest BCUT2D eigenvalue weighted by Gasteiger charge is 2.06. The van der Waals surface area contributed by atoms with Crippen molar-refractivity contribution in [3.8, 4) is 0 Å². The minimum atomic E-state index is -0.339. The SMILES string of the molecule is Cc1ccc(Nc2cc(F)c(Br)cc2N)cc1I. The summed E-state index contributed by atoms with van der Waals surface area (Å²) in [7, 11) is 0. The van der Waals surface area contributed by atoms with Gasteiger partial charge >= 0.3 is 0 Å². The highest BCUT2D eigenvalue weighted by atomic mass is 127. The number of halogens is 3. The van der Waals surface area contributed by atoms with E-state index in [2.05, 4.69) is 43.8 Å². The smallest absolute Gasteiger partial charge is 0.139 e. The first-order valence-corrected chi connectivity index (χ1v) is 7.12. The molecule has 0 heterocycles. The van der Waals surface area contributed by atoms with Gasteiger partial charge in [0, 0.05) is 15.3 Å². The second-order valence-electron chi connectivity index (χ2n) is 3.94. The third-order valence-electron chi connectivity index (χ3n) is 2.54. The monoisotopic (exact) mass is 420 g/mol. The summed E-state index contributed by atoms with van der Waals surface area (Å²) in [6.07, 6.45) is 0. The molecule has 0 saturated heterocycles. The number of rotatable bonds is 2. The van der Waals surface area contributed by atoms with Crippen LogP contribution in [0.5, 0.6) is 0 Å².